The summed E-state index contributed by atoms with van der Waals surface area (Å²) >= 11 is 14.2. The van der Waals surface area contributed by atoms with Crippen LogP contribution >= 0.6 is 34.5 Å². The Morgan fingerprint density at radius 2 is 1.81 bits per heavy atom. The Kier molecular flexibility index (Phi) is 6.20. The maximum atomic E-state index is 6.42. The van der Waals surface area contributed by atoms with E-state index in [1.165, 1.54) is 11.1 Å². The summed E-state index contributed by atoms with van der Waals surface area (Å²) in [6, 6.07) is 11.8. The highest BCUT2D eigenvalue weighted by molar-refractivity contribution is 7.07. The molecule has 0 amide bonds. The van der Waals surface area contributed by atoms with Crippen molar-refractivity contribution in [3.05, 3.63) is 67.8 Å². The molecule has 0 unspecified atom stereocenters. The highest BCUT2D eigenvalue weighted by Crippen LogP contribution is 2.31. The number of rotatable bonds is 5. The normalized spacial score (nSPS) is 12.0. The van der Waals surface area contributed by atoms with E-state index in [-0.39, 0.29) is 0 Å². The molecule has 3 nitrogen and oxygen atoms in total. The minimum absolute atomic E-state index is 0.585. The number of thiazole rings is 1. The van der Waals surface area contributed by atoms with E-state index in [2.05, 4.69) is 42.0 Å². The molecule has 0 saturated heterocycles. The molecule has 3 aromatic rings. The van der Waals surface area contributed by atoms with Crippen molar-refractivity contribution in [1.29, 1.82) is 0 Å². The first-order valence-electron chi connectivity index (χ1n) is 8.23. The fourth-order valence-corrected chi connectivity index (χ4v) is 4.19. The Morgan fingerprint density at radius 3 is 2.50 bits per heavy atom. The predicted octanol–water partition coefficient (Wildman–Crippen LogP) is 6.02. The van der Waals surface area contributed by atoms with Gasteiger partial charge in [0.05, 0.1) is 23.0 Å². The Hall–Kier alpha value is -1.59. The van der Waals surface area contributed by atoms with E-state index in [1.807, 2.05) is 12.1 Å². The van der Waals surface area contributed by atoms with Gasteiger partial charge in [0.15, 0.2) is 4.80 Å². The number of benzene rings is 2. The minimum Gasteiger partial charge on any atom is -0.383 e. The van der Waals surface area contributed by atoms with Crippen molar-refractivity contribution in [3.63, 3.8) is 0 Å². The number of halogens is 2. The molecule has 0 atom stereocenters. The minimum atomic E-state index is 0.585. The molecule has 2 aromatic carbocycles. The summed E-state index contributed by atoms with van der Waals surface area (Å²) in [5.74, 6) is 0. The van der Waals surface area contributed by atoms with Crippen LogP contribution in [-0.4, -0.2) is 18.3 Å². The van der Waals surface area contributed by atoms with E-state index < -0.39 is 0 Å². The van der Waals surface area contributed by atoms with Crippen molar-refractivity contribution in [2.24, 2.45) is 4.99 Å². The number of nitrogens with zero attached hydrogens (tertiary/aromatic N) is 2. The standard InChI is InChI=1S/C20H20Cl2N2OS/c1-13-8-14(2)10-16(9-13)23-20-24(6-7-25-3)19(12-26-20)17-11-15(21)4-5-18(17)22/h4-5,8-12H,6-7H2,1-3H3. The van der Waals surface area contributed by atoms with Crippen LogP contribution in [0.3, 0.4) is 0 Å². The molecule has 0 N–H and O–H groups in total. The van der Waals surface area contributed by atoms with Crippen LogP contribution in [0.1, 0.15) is 11.1 Å². The first-order valence-corrected chi connectivity index (χ1v) is 9.87. The summed E-state index contributed by atoms with van der Waals surface area (Å²) in [6.07, 6.45) is 0. The Labute approximate surface area is 167 Å². The third-order valence-electron chi connectivity index (χ3n) is 3.95. The summed E-state index contributed by atoms with van der Waals surface area (Å²) in [4.78, 5) is 5.76. The monoisotopic (exact) mass is 406 g/mol. The lowest BCUT2D eigenvalue weighted by Gasteiger charge is -2.10. The van der Waals surface area contributed by atoms with Crippen LogP contribution in [0.15, 0.2) is 46.8 Å². The number of ether oxygens (including phenoxy) is 1. The molecule has 0 bridgehead atoms. The summed E-state index contributed by atoms with van der Waals surface area (Å²) in [5.41, 5.74) is 5.22. The molecular formula is C20H20Cl2N2OS. The molecule has 1 aromatic heterocycles. The number of methoxy groups -OCH3 is 1. The zero-order chi connectivity index (χ0) is 18.7. The van der Waals surface area contributed by atoms with Crippen molar-refractivity contribution in [2.75, 3.05) is 13.7 Å². The van der Waals surface area contributed by atoms with Gasteiger partial charge in [-0.25, -0.2) is 4.99 Å². The van der Waals surface area contributed by atoms with Crippen LogP contribution in [-0.2, 0) is 11.3 Å². The van der Waals surface area contributed by atoms with Gasteiger partial charge in [-0.1, -0.05) is 29.3 Å². The van der Waals surface area contributed by atoms with Gasteiger partial charge in [0, 0.05) is 29.6 Å². The van der Waals surface area contributed by atoms with Gasteiger partial charge >= 0.3 is 0 Å². The first-order chi connectivity index (χ1) is 12.5. The molecule has 136 valence electrons. The number of aryl methyl sites for hydroxylation is 2. The van der Waals surface area contributed by atoms with E-state index >= 15 is 0 Å². The predicted molar refractivity (Wildman–Crippen MR) is 111 cm³/mol. The molecule has 0 fully saturated rings. The van der Waals surface area contributed by atoms with E-state index in [0.717, 1.165) is 21.7 Å². The third kappa shape index (κ3) is 4.38. The first kappa shape index (κ1) is 19.2. The molecule has 0 aliphatic rings. The van der Waals surface area contributed by atoms with Crippen LogP contribution in [0.5, 0.6) is 0 Å². The largest absolute Gasteiger partial charge is 0.383 e. The van der Waals surface area contributed by atoms with E-state index in [9.17, 15) is 0 Å². The second-order valence-electron chi connectivity index (χ2n) is 6.13. The molecular weight excluding hydrogens is 387 g/mol. The third-order valence-corrected chi connectivity index (χ3v) is 5.38. The maximum absolute atomic E-state index is 6.42. The fourth-order valence-electron chi connectivity index (χ4n) is 2.85. The topological polar surface area (TPSA) is 26.5 Å². The van der Waals surface area contributed by atoms with E-state index in [0.29, 0.717) is 23.2 Å². The van der Waals surface area contributed by atoms with Gasteiger partial charge in [-0.15, -0.1) is 11.3 Å². The van der Waals surface area contributed by atoms with E-state index in [4.69, 9.17) is 32.9 Å². The van der Waals surface area contributed by atoms with Crippen molar-refractivity contribution < 1.29 is 4.74 Å². The number of hydrogen-bond donors (Lipinski definition) is 0. The molecule has 0 saturated carbocycles. The fraction of sp³-hybridized carbons (Fsp3) is 0.250. The average Bonchev–Trinajstić information content (AvgIpc) is 2.96. The summed E-state index contributed by atoms with van der Waals surface area (Å²) in [6.45, 7) is 5.43. The molecule has 0 aliphatic carbocycles. The van der Waals surface area contributed by atoms with Gasteiger partial charge in [0.25, 0.3) is 0 Å². The van der Waals surface area contributed by atoms with Crippen molar-refractivity contribution in [2.45, 2.75) is 20.4 Å². The lowest BCUT2D eigenvalue weighted by atomic mass is 10.1. The van der Waals surface area contributed by atoms with Crippen LogP contribution in [0, 0.1) is 13.8 Å². The highest BCUT2D eigenvalue weighted by atomic mass is 35.5. The zero-order valence-corrected chi connectivity index (χ0v) is 17.3. The van der Waals surface area contributed by atoms with Crippen molar-refractivity contribution in [1.82, 2.24) is 4.57 Å². The number of hydrogen-bond acceptors (Lipinski definition) is 3. The Balaban J connectivity index is 2.16. The summed E-state index contributed by atoms with van der Waals surface area (Å²) < 4.78 is 7.41. The zero-order valence-electron chi connectivity index (χ0n) is 14.9. The SMILES string of the molecule is COCCn1c(-c2cc(Cl)ccc2Cl)csc1=Nc1cc(C)cc(C)c1. The Bertz CT molecular complexity index is 971. The quantitative estimate of drug-likeness (QED) is 0.508. The summed E-state index contributed by atoms with van der Waals surface area (Å²) in [7, 11) is 1.69. The van der Waals surface area contributed by atoms with Gasteiger partial charge in [0.2, 0.25) is 0 Å². The maximum Gasteiger partial charge on any atom is 0.190 e. The molecule has 26 heavy (non-hydrogen) atoms. The van der Waals surface area contributed by atoms with Gasteiger partial charge in [-0.3, -0.25) is 0 Å². The smallest absolute Gasteiger partial charge is 0.190 e. The van der Waals surface area contributed by atoms with E-state index in [1.54, 1.807) is 24.5 Å². The van der Waals surface area contributed by atoms with Crippen LogP contribution in [0.4, 0.5) is 5.69 Å². The van der Waals surface area contributed by atoms with Crippen molar-refractivity contribution >= 4 is 40.2 Å². The van der Waals surface area contributed by atoms with Crippen LogP contribution < -0.4 is 4.80 Å². The van der Waals surface area contributed by atoms with Crippen LogP contribution in [0.25, 0.3) is 11.3 Å². The average molecular weight is 407 g/mol. The second-order valence-corrected chi connectivity index (χ2v) is 7.81. The summed E-state index contributed by atoms with van der Waals surface area (Å²) in [5, 5.41) is 3.38. The molecule has 1 heterocycles. The number of aromatic nitrogens is 1. The Morgan fingerprint density at radius 1 is 1.08 bits per heavy atom. The molecule has 3 rings (SSSR count). The van der Waals surface area contributed by atoms with Gasteiger partial charge in [-0.05, 0) is 55.3 Å². The van der Waals surface area contributed by atoms with Crippen LogP contribution in [0.2, 0.25) is 10.0 Å². The second kappa shape index (κ2) is 8.40. The van der Waals surface area contributed by atoms with Gasteiger partial charge < -0.3 is 9.30 Å². The van der Waals surface area contributed by atoms with Crippen molar-refractivity contribution in [3.8, 4) is 11.3 Å². The lowest BCUT2D eigenvalue weighted by molar-refractivity contribution is 0.187. The molecule has 0 aliphatic heterocycles. The lowest BCUT2D eigenvalue weighted by Crippen LogP contribution is -2.18. The molecule has 6 heteroatoms. The molecule has 0 spiro atoms. The van der Waals surface area contributed by atoms with Gasteiger partial charge in [-0.2, -0.15) is 0 Å². The van der Waals surface area contributed by atoms with Gasteiger partial charge in [0.1, 0.15) is 0 Å². The highest BCUT2D eigenvalue weighted by Gasteiger charge is 2.12. The molecule has 0 radical (unpaired) electrons.